The van der Waals surface area contributed by atoms with Crippen LogP contribution in [0.5, 0.6) is 0 Å². The maximum Gasteiger partial charge on any atom is 0.408 e. The first-order chi connectivity index (χ1) is 17.8. The van der Waals surface area contributed by atoms with Gasteiger partial charge in [-0.1, -0.05) is 54.6 Å². The van der Waals surface area contributed by atoms with Crippen molar-refractivity contribution in [2.45, 2.75) is 38.5 Å². The Balaban J connectivity index is 1.74. The summed E-state index contributed by atoms with van der Waals surface area (Å²) in [6.45, 7) is 1.80. The molecule has 0 aliphatic rings. The minimum absolute atomic E-state index is 0.0267. The molecule has 0 heterocycles. The quantitative estimate of drug-likeness (QED) is 0.270. The zero-order valence-electron chi connectivity index (χ0n) is 20.5. The Morgan fingerprint density at radius 3 is 2.00 bits per heavy atom. The summed E-state index contributed by atoms with van der Waals surface area (Å²) in [5, 5.41) is 5.26. The van der Waals surface area contributed by atoms with Crippen molar-refractivity contribution in [2.75, 3.05) is 12.3 Å². The molecule has 4 N–H and O–H groups in total. The molecular formula is C28H30FN3O5. The van der Waals surface area contributed by atoms with Crippen LogP contribution >= 0.6 is 0 Å². The summed E-state index contributed by atoms with van der Waals surface area (Å²) in [7, 11) is 0. The average Bonchev–Trinajstić information content (AvgIpc) is 2.90. The van der Waals surface area contributed by atoms with E-state index in [0.717, 1.165) is 11.1 Å². The summed E-state index contributed by atoms with van der Waals surface area (Å²) < 4.78 is 23.7. The van der Waals surface area contributed by atoms with E-state index >= 15 is 0 Å². The van der Waals surface area contributed by atoms with Crippen molar-refractivity contribution in [1.29, 1.82) is 0 Å². The fourth-order valence-electron chi connectivity index (χ4n) is 3.57. The predicted molar refractivity (Wildman–Crippen MR) is 137 cm³/mol. The van der Waals surface area contributed by atoms with Crippen molar-refractivity contribution in [3.8, 4) is 0 Å². The molecule has 3 aromatic rings. The minimum atomic E-state index is -1.06. The lowest BCUT2D eigenvalue weighted by Gasteiger charge is -2.23. The molecule has 0 bridgehead atoms. The summed E-state index contributed by atoms with van der Waals surface area (Å²) >= 11 is 0. The van der Waals surface area contributed by atoms with Gasteiger partial charge in [0.15, 0.2) is 0 Å². The van der Waals surface area contributed by atoms with Crippen molar-refractivity contribution in [2.24, 2.45) is 0 Å². The van der Waals surface area contributed by atoms with Crippen LogP contribution in [0, 0.1) is 5.82 Å². The molecule has 37 heavy (non-hydrogen) atoms. The number of halogens is 1. The van der Waals surface area contributed by atoms with Crippen LogP contribution in [0.4, 0.5) is 14.9 Å². The smallest absolute Gasteiger partial charge is 0.408 e. The maximum atomic E-state index is 13.3. The summed E-state index contributed by atoms with van der Waals surface area (Å²) in [4.78, 5) is 38.5. The number of benzene rings is 3. The molecule has 9 heteroatoms. The van der Waals surface area contributed by atoms with Crippen LogP contribution in [0.2, 0.25) is 0 Å². The Kier molecular flexibility index (Phi) is 10.0. The first-order valence-electron chi connectivity index (χ1n) is 11.9. The number of ether oxygens (including phenoxy) is 2. The minimum Gasteiger partial charge on any atom is -0.464 e. The van der Waals surface area contributed by atoms with Gasteiger partial charge in [-0.25, -0.2) is 14.0 Å². The predicted octanol–water partition coefficient (Wildman–Crippen LogP) is 3.54. The van der Waals surface area contributed by atoms with Crippen LogP contribution in [0.3, 0.4) is 0 Å². The number of esters is 1. The lowest BCUT2D eigenvalue weighted by atomic mass is 10.0. The van der Waals surface area contributed by atoms with Gasteiger partial charge in [-0.15, -0.1) is 0 Å². The first kappa shape index (κ1) is 27.2. The van der Waals surface area contributed by atoms with Crippen LogP contribution in [-0.2, 0) is 38.5 Å². The Morgan fingerprint density at radius 2 is 1.38 bits per heavy atom. The summed E-state index contributed by atoms with van der Waals surface area (Å²) in [5.41, 5.74) is 8.48. The number of alkyl carbamates (subject to hydrolysis) is 1. The van der Waals surface area contributed by atoms with Crippen molar-refractivity contribution in [3.05, 3.63) is 101 Å². The van der Waals surface area contributed by atoms with E-state index in [9.17, 15) is 18.8 Å². The van der Waals surface area contributed by atoms with Crippen LogP contribution in [0.25, 0.3) is 0 Å². The van der Waals surface area contributed by atoms with Gasteiger partial charge in [-0.3, -0.25) is 4.79 Å². The third kappa shape index (κ3) is 8.96. The fraction of sp³-hybridized carbons (Fsp3) is 0.250. The number of nitrogens with two attached hydrogens (primary N) is 1. The van der Waals surface area contributed by atoms with Gasteiger partial charge in [0.2, 0.25) is 5.91 Å². The molecule has 0 aromatic heterocycles. The fourth-order valence-corrected chi connectivity index (χ4v) is 3.57. The average molecular weight is 508 g/mol. The molecule has 0 aliphatic heterocycles. The van der Waals surface area contributed by atoms with Gasteiger partial charge in [0.25, 0.3) is 0 Å². The summed E-state index contributed by atoms with van der Waals surface area (Å²) in [6, 6.07) is 19.5. The molecule has 0 saturated carbocycles. The molecule has 2 atom stereocenters. The second kappa shape index (κ2) is 13.6. The number of nitrogen functional groups attached to an aromatic ring is 1. The molecule has 3 aromatic carbocycles. The van der Waals surface area contributed by atoms with E-state index in [1.54, 1.807) is 31.2 Å². The van der Waals surface area contributed by atoms with Crippen LogP contribution < -0.4 is 16.4 Å². The molecule has 0 aliphatic carbocycles. The molecule has 0 spiro atoms. The molecule has 0 saturated heterocycles. The Hall–Kier alpha value is -4.40. The second-order valence-corrected chi connectivity index (χ2v) is 8.35. The van der Waals surface area contributed by atoms with Crippen LogP contribution in [0.15, 0.2) is 78.9 Å². The summed E-state index contributed by atoms with van der Waals surface area (Å²) in [5.74, 6) is -1.66. The van der Waals surface area contributed by atoms with Crippen molar-refractivity contribution in [1.82, 2.24) is 10.6 Å². The highest BCUT2D eigenvalue weighted by molar-refractivity contribution is 5.90. The topological polar surface area (TPSA) is 120 Å². The normalized spacial score (nSPS) is 12.2. The highest BCUT2D eigenvalue weighted by Crippen LogP contribution is 2.11. The van der Waals surface area contributed by atoms with E-state index in [-0.39, 0.29) is 26.1 Å². The SMILES string of the molecule is CCOC(=O)[C@H](Cc1ccc(F)cc1)NC(=O)[C@H](Cc1ccc(N)cc1)NC(=O)OCc1ccccc1. The largest absolute Gasteiger partial charge is 0.464 e. The monoisotopic (exact) mass is 507 g/mol. The van der Waals surface area contributed by atoms with Crippen molar-refractivity contribution >= 4 is 23.7 Å². The molecule has 0 radical (unpaired) electrons. The molecule has 0 fully saturated rings. The van der Waals surface area contributed by atoms with E-state index in [4.69, 9.17) is 15.2 Å². The van der Waals surface area contributed by atoms with Crippen molar-refractivity contribution < 1.29 is 28.2 Å². The second-order valence-electron chi connectivity index (χ2n) is 8.35. The zero-order chi connectivity index (χ0) is 26.6. The third-order valence-corrected chi connectivity index (χ3v) is 5.48. The number of amides is 2. The molecular weight excluding hydrogens is 477 g/mol. The van der Waals surface area contributed by atoms with E-state index in [1.165, 1.54) is 24.3 Å². The number of rotatable bonds is 11. The lowest BCUT2D eigenvalue weighted by molar-refractivity contribution is -0.147. The summed E-state index contributed by atoms with van der Waals surface area (Å²) in [6.07, 6.45) is -0.582. The van der Waals surface area contributed by atoms with Gasteiger partial charge < -0.3 is 25.8 Å². The number of hydrogen-bond acceptors (Lipinski definition) is 6. The van der Waals surface area contributed by atoms with E-state index in [0.29, 0.717) is 11.3 Å². The number of carbonyl (C=O) groups is 3. The maximum absolute atomic E-state index is 13.3. The van der Waals surface area contributed by atoms with Gasteiger partial charge in [0.1, 0.15) is 24.5 Å². The molecule has 3 rings (SSSR count). The van der Waals surface area contributed by atoms with Gasteiger partial charge in [-0.05, 0) is 47.9 Å². The number of carbonyl (C=O) groups excluding carboxylic acids is 3. The number of nitrogens with one attached hydrogen (secondary N) is 2. The Morgan fingerprint density at radius 1 is 0.784 bits per heavy atom. The molecule has 2 amide bonds. The van der Waals surface area contributed by atoms with Gasteiger partial charge >= 0.3 is 12.1 Å². The van der Waals surface area contributed by atoms with Crippen LogP contribution in [-0.4, -0.2) is 36.7 Å². The number of hydrogen-bond donors (Lipinski definition) is 3. The highest BCUT2D eigenvalue weighted by Gasteiger charge is 2.28. The highest BCUT2D eigenvalue weighted by atomic mass is 19.1. The van der Waals surface area contributed by atoms with Crippen molar-refractivity contribution in [3.63, 3.8) is 0 Å². The molecule has 8 nitrogen and oxygen atoms in total. The van der Waals surface area contributed by atoms with E-state index in [1.807, 2.05) is 30.3 Å². The van der Waals surface area contributed by atoms with E-state index in [2.05, 4.69) is 10.6 Å². The van der Waals surface area contributed by atoms with Crippen LogP contribution in [0.1, 0.15) is 23.6 Å². The Labute approximate surface area is 215 Å². The zero-order valence-corrected chi connectivity index (χ0v) is 20.5. The van der Waals surface area contributed by atoms with Gasteiger partial charge in [0.05, 0.1) is 6.61 Å². The standard InChI is InChI=1S/C28H30FN3O5/c1-2-36-27(34)25(17-19-8-12-22(29)13-9-19)31-26(33)24(16-20-10-14-23(30)15-11-20)32-28(35)37-18-21-6-4-3-5-7-21/h3-15,24-25H,2,16-18,30H2,1H3,(H,31,33)(H,32,35)/t24-,25-/m0/s1. The first-order valence-corrected chi connectivity index (χ1v) is 11.9. The lowest BCUT2D eigenvalue weighted by Crippen LogP contribution is -2.53. The third-order valence-electron chi connectivity index (χ3n) is 5.48. The Bertz CT molecular complexity index is 1170. The van der Waals surface area contributed by atoms with E-state index < -0.39 is 35.9 Å². The van der Waals surface area contributed by atoms with Gasteiger partial charge in [-0.2, -0.15) is 0 Å². The van der Waals surface area contributed by atoms with Gasteiger partial charge in [0, 0.05) is 18.5 Å². The molecule has 194 valence electrons. The number of anilines is 1. The molecule has 0 unspecified atom stereocenters.